The van der Waals surface area contributed by atoms with Crippen LogP contribution in [0.5, 0.6) is 0 Å². The highest BCUT2D eigenvalue weighted by atomic mass is 16.1. The van der Waals surface area contributed by atoms with Gasteiger partial charge in [-0.2, -0.15) is 0 Å². The van der Waals surface area contributed by atoms with Crippen molar-refractivity contribution in [2.75, 3.05) is 25.5 Å². The lowest BCUT2D eigenvalue weighted by Crippen LogP contribution is -2.23. The molecule has 118 valence electrons. The fraction of sp³-hybridized carbons (Fsp3) is 0.588. The molecule has 21 heavy (non-hydrogen) atoms. The number of nitrogens with zero attached hydrogens (tertiary/aromatic N) is 1. The van der Waals surface area contributed by atoms with E-state index in [9.17, 15) is 4.79 Å². The molecule has 1 aromatic carbocycles. The van der Waals surface area contributed by atoms with Gasteiger partial charge in [0.1, 0.15) is 0 Å². The lowest BCUT2D eigenvalue weighted by Gasteiger charge is -2.14. The van der Waals surface area contributed by atoms with Gasteiger partial charge in [0.25, 0.3) is 0 Å². The molecular weight excluding hydrogens is 262 g/mol. The van der Waals surface area contributed by atoms with Crippen LogP contribution in [0.1, 0.15) is 38.2 Å². The Morgan fingerprint density at radius 2 is 1.90 bits per heavy atom. The molecule has 0 aromatic heterocycles. The van der Waals surface area contributed by atoms with Crippen molar-refractivity contribution in [1.29, 1.82) is 0 Å². The lowest BCUT2D eigenvalue weighted by atomic mass is 9.96. The number of hydrogen-bond donors (Lipinski definition) is 2. The number of amides is 1. The highest BCUT2D eigenvalue weighted by Crippen LogP contribution is 2.15. The van der Waals surface area contributed by atoms with Crippen molar-refractivity contribution in [2.45, 2.75) is 39.2 Å². The van der Waals surface area contributed by atoms with E-state index in [-0.39, 0.29) is 5.91 Å². The Labute approximate surface area is 128 Å². The molecule has 3 N–H and O–H groups in total. The minimum absolute atomic E-state index is 0.127. The zero-order valence-electron chi connectivity index (χ0n) is 13.6. The van der Waals surface area contributed by atoms with Crippen molar-refractivity contribution in [3.05, 3.63) is 29.8 Å². The van der Waals surface area contributed by atoms with Gasteiger partial charge in [-0.25, -0.2) is 0 Å². The summed E-state index contributed by atoms with van der Waals surface area (Å²) in [5, 5.41) is 2.99. The third kappa shape index (κ3) is 6.63. The maximum atomic E-state index is 11.9. The fourth-order valence-corrected chi connectivity index (χ4v) is 2.32. The van der Waals surface area contributed by atoms with E-state index in [0.717, 1.165) is 30.5 Å². The summed E-state index contributed by atoms with van der Waals surface area (Å²) < 4.78 is 0. The number of nitrogens with one attached hydrogen (secondary N) is 1. The first-order valence-corrected chi connectivity index (χ1v) is 7.79. The van der Waals surface area contributed by atoms with E-state index in [1.54, 1.807) is 0 Å². The average Bonchev–Trinajstić information content (AvgIpc) is 2.49. The lowest BCUT2D eigenvalue weighted by molar-refractivity contribution is -0.121. The van der Waals surface area contributed by atoms with Crippen molar-refractivity contribution in [2.24, 2.45) is 11.7 Å². The van der Waals surface area contributed by atoms with Gasteiger partial charge in [0.2, 0.25) is 5.91 Å². The monoisotopic (exact) mass is 291 g/mol. The van der Waals surface area contributed by atoms with Crippen LogP contribution >= 0.6 is 0 Å². The maximum Gasteiger partial charge on any atom is 0.220 e. The number of carbonyl (C=O) groups is 1. The zero-order chi connectivity index (χ0) is 15.7. The van der Waals surface area contributed by atoms with Gasteiger partial charge in [-0.1, -0.05) is 25.5 Å². The number of hydrogen-bond acceptors (Lipinski definition) is 3. The summed E-state index contributed by atoms with van der Waals surface area (Å²) in [7, 11) is 4.03. The quantitative estimate of drug-likeness (QED) is 0.735. The maximum absolute atomic E-state index is 11.9. The van der Waals surface area contributed by atoms with E-state index in [2.05, 4.69) is 41.4 Å². The molecule has 4 heteroatoms. The van der Waals surface area contributed by atoms with Crippen LogP contribution in [0.2, 0.25) is 0 Å². The molecular formula is C17H29N3O. The number of benzene rings is 1. The SMILES string of the molecule is CCC(CCN)CCC(=O)NCc1ccc(N(C)C)cc1. The Balaban J connectivity index is 2.32. The van der Waals surface area contributed by atoms with Crippen molar-refractivity contribution in [3.63, 3.8) is 0 Å². The van der Waals surface area contributed by atoms with E-state index >= 15 is 0 Å². The summed E-state index contributed by atoms with van der Waals surface area (Å²) in [5.74, 6) is 0.697. The molecule has 0 aliphatic carbocycles. The summed E-state index contributed by atoms with van der Waals surface area (Å²) in [5.41, 5.74) is 7.87. The Bertz CT molecular complexity index is 415. The second-order valence-electron chi connectivity index (χ2n) is 5.73. The van der Waals surface area contributed by atoms with Crippen molar-refractivity contribution in [1.82, 2.24) is 5.32 Å². The van der Waals surface area contributed by atoms with Gasteiger partial charge in [-0.3, -0.25) is 4.79 Å². The van der Waals surface area contributed by atoms with Gasteiger partial charge in [0.05, 0.1) is 0 Å². The number of carbonyl (C=O) groups excluding carboxylic acids is 1. The summed E-state index contributed by atoms with van der Waals surface area (Å²) in [6.45, 7) is 3.46. The molecule has 0 radical (unpaired) electrons. The first-order chi connectivity index (χ1) is 10.1. The van der Waals surface area contributed by atoms with Gasteiger partial charge in [0, 0.05) is 32.7 Å². The van der Waals surface area contributed by atoms with E-state index in [0.29, 0.717) is 25.4 Å². The molecule has 1 atom stereocenters. The second kappa shape index (κ2) is 9.40. The third-order valence-electron chi connectivity index (χ3n) is 3.87. The predicted molar refractivity (Wildman–Crippen MR) is 89.3 cm³/mol. The van der Waals surface area contributed by atoms with Gasteiger partial charge in [-0.15, -0.1) is 0 Å². The van der Waals surface area contributed by atoms with Crippen LogP contribution in [-0.4, -0.2) is 26.5 Å². The molecule has 1 unspecified atom stereocenters. The molecule has 0 spiro atoms. The predicted octanol–water partition coefficient (Wildman–Crippen LogP) is 2.52. The van der Waals surface area contributed by atoms with E-state index in [4.69, 9.17) is 5.73 Å². The first kappa shape index (κ1) is 17.5. The number of nitrogens with two attached hydrogens (primary N) is 1. The Kier molecular flexibility index (Phi) is 7.83. The minimum Gasteiger partial charge on any atom is -0.378 e. The van der Waals surface area contributed by atoms with Crippen LogP contribution in [0.3, 0.4) is 0 Å². The normalized spacial score (nSPS) is 12.0. The summed E-state index contributed by atoms with van der Waals surface area (Å²) in [4.78, 5) is 13.9. The Morgan fingerprint density at radius 1 is 1.24 bits per heavy atom. The minimum atomic E-state index is 0.127. The summed E-state index contributed by atoms with van der Waals surface area (Å²) in [6, 6.07) is 8.24. The molecule has 0 saturated carbocycles. The number of rotatable bonds is 9. The van der Waals surface area contributed by atoms with E-state index in [1.807, 2.05) is 14.1 Å². The molecule has 1 rings (SSSR count). The molecule has 0 fully saturated rings. The molecule has 0 bridgehead atoms. The smallest absolute Gasteiger partial charge is 0.220 e. The molecule has 0 heterocycles. The molecule has 1 aromatic rings. The van der Waals surface area contributed by atoms with Crippen LogP contribution in [-0.2, 0) is 11.3 Å². The van der Waals surface area contributed by atoms with Gasteiger partial charge in [-0.05, 0) is 43.0 Å². The van der Waals surface area contributed by atoms with Crippen LogP contribution in [0.25, 0.3) is 0 Å². The molecule has 1 amide bonds. The van der Waals surface area contributed by atoms with Gasteiger partial charge in [0.15, 0.2) is 0 Å². The Morgan fingerprint density at radius 3 is 2.43 bits per heavy atom. The molecule has 0 aliphatic rings. The summed E-state index contributed by atoms with van der Waals surface area (Å²) >= 11 is 0. The molecule has 0 saturated heterocycles. The van der Waals surface area contributed by atoms with Crippen molar-refractivity contribution in [3.8, 4) is 0 Å². The summed E-state index contributed by atoms with van der Waals surface area (Å²) in [6.07, 6.45) is 3.62. The molecule has 0 aliphatic heterocycles. The van der Waals surface area contributed by atoms with Crippen LogP contribution in [0, 0.1) is 5.92 Å². The van der Waals surface area contributed by atoms with Gasteiger partial charge < -0.3 is 16.0 Å². The van der Waals surface area contributed by atoms with E-state index in [1.165, 1.54) is 0 Å². The highest BCUT2D eigenvalue weighted by molar-refractivity contribution is 5.75. The topological polar surface area (TPSA) is 58.4 Å². The van der Waals surface area contributed by atoms with Gasteiger partial charge >= 0.3 is 0 Å². The zero-order valence-corrected chi connectivity index (χ0v) is 13.6. The van der Waals surface area contributed by atoms with Crippen molar-refractivity contribution < 1.29 is 4.79 Å². The largest absolute Gasteiger partial charge is 0.378 e. The Hall–Kier alpha value is -1.55. The fourth-order valence-electron chi connectivity index (χ4n) is 2.32. The third-order valence-corrected chi connectivity index (χ3v) is 3.87. The first-order valence-electron chi connectivity index (χ1n) is 7.79. The van der Waals surface area contributed by atoms with Crippen molar-refractivity contribution >= 4 is 11.6 Å². The second-order valence-corrected chi connectivity index (χ2v) is 5.73. The van der Waals surface area contributed by atoms with Crippen LogP contribution in [0.4, 0.5) is 5.69 Å². The standard InChI is InChI=1S/C17H29N3O/c1-4-14(11-12-18)7-10-17(21)19-13-15-5-8-16(9-6-15)20(2)3/h5-6,8-9,14H,4,7,10-13,18H2,1-3H3,(H,19,21). The highest BCUT2D eigenvalue weighted by Gasteiger charge is 2.08. The van der Waals surface area contributed by atoms with Crippen LogP contribution in [0.15, 0.2) is 24.3 Å². The average molecular weight is 291 g/mol. The van der Waals surface area contributed by atoms with Crippen LogP contribution < -0.4 is 16.0 Å². The number of anilines is 1. The van der Waals surface area contributed by atoms with E-state index < -0.39 is 0 Å². The molecule has 4 nitrogen and oxygen atoms in total.